The van der Waals surface area contributed by atoms with E-state index >= 15 is 0 Å². The molecule has 1 N–H and O–H groups in total. The summed E-state index contributed by atoms with van der Waals surface area (Å²) in [6, 6.07) is 0. The van der Waals surface area contributed by atoms with Gasteiger partial charge in [-0.2, -0.15) is 5.10 Å². The number of carbonyl (C=O) groups excluding carboxylic acids is 1. The minimum absolute atomic E-state index is 0.00343. The van der Waals surface area contributed by atoms with Crippen LogP contribution in [0.3, 0.4) is 0 Å². The Morgan fingerprint density at radius 2 is 2.14 bits per heavy atom. The standard InChI is InChI=1S/C15H20N4O2S/c1-8-12(9(2)21-18-8)13-10-6-16-19(15(3,4)5)14(10)17-11(20)7-22-13/h6,13H,7H2,1-5H3,(H,17,20)/t13-/m1/s1. The molecule has 6 nitrogen and oxygen atoms in total. The number of anilines is 1. The average molecular weight is 320 g/mol. The second-order valence-electron chi connectivity index (χ2n) is 6.51. The van der Waals surface area contributed by atoms with Crippen molar-refractivity contribution in [3.63, 3.8) is 0 Å². The van der Waals surface area contributed by atoms with Crippen LogP contribution in [-0.2, 0) is 10.3 Å². The number of aromatic nitrogens is 3. The lowest BCUT2D eigenvalue weighted by molar-refractivity contribution is -0.113. The van der Waals surface area contributed by atoms with Crippen molar-refractivity contribution in [3.05, 3.63) is 28.8 Å². The lowest BCUT2D eigenvalue weighted by atomic mass is 10.0. The summed E-state index contributed by atoms with van der Waals surface area (Å²) < 4.78 is 7.18. The second kappa shape index (κ2) is 5.15. The number of carbonyl (C=O) groups is 1. The van der Waals surface area contributed by atoms with Gasteiger partial charge < -0.3 is 9.84 Å². The summed E-state index contributed by atoms with van der Waals surface area (Å²) in [6.07, 6.45) is 1.84. The zero-order chi connectivity index (χ0) is 16.1. The molecule has 2 aromatic heterocycles. The third-order valence-electron chi connectivity index (χ3n) is 3.71. The summed E-state index contributed by atoms with van der Waals surface area (Å²) in [5.74, 6) is 1.95. The summed E-state index contributed by atoms with van der Waals surface area (Å²) >= 11 is 1.58. The summed E-state index contributed by atoms with van der Waals surface area (Å²) in [6.45, 7) is 10.0. The Kier molecular flexibility index (Phi) is 3.55. The first-order chi connectivity index (χ1) is 10.3. The summed E-state index contributed by atoms with van der Waals surface area (Å²) in [7, 11) is 0. The molecule has 0 aromatic carbocycles. The van der Waals surface area contributed by atoms with Crippen LogP contribution in [0.15, 0.2) is 10.7 Å². The third-order valence-corrected chi connectivity index (χ3v) is 4.96. The first-order valence-corrected chi connectivity index (χ1v) is 8.26. The largest absolute Gasteiger partial charge is 0.361 e. The molecule has 3 rings (SSSR count). The molecule has 1 atom stereocenters. The lowest BCUT2D eigenvalue weighted by Crippen LogP contribution is -2.27. The number of hydrogen-bond donors (Lipinski definition) is 1. The molecule has 3 heterocycles. The van der Waals surface area contributed by atoms with Crippen LogP contribution < -0.4 is 5.32 Å². The quantitative estimate of drug-likeness (QED) is 0.874. The van der Waals surface area contributed by atoms with E-state index in [1.807, 2.05) is 24.7 Å². The summed E-state index contributed by atoms with van der Waals surface area (Å²) in [5.41, 5.74) is 2.69. The van der Waals surface area contributed by atoms with Crippen molar-refractivity contribution >= 4 is 23.5 Å². The molecule has 1 aliphatic heterocycles. The fourth-order valence-corrected chi connectivity index (χ4v) is 3.95. The van der Waals surface area contributed by atoms with Crippen molar-refractivity contribution in [1.29, 1.82) is 0 Å². The molecule has 1 aliphatic rings. The molecule has 0 fully saturated rings. The highest BCUT2D eigenvalue weighted by Gasteiger charge is 2.33. The van der Waals surface area contributed by atoms with Gasteiger partial charge in [-0.3, -0.25) is 4.79 Å². The van der Waals surface area contributed by atoms with Gasteiger partial charge in [-0.15, -0.1) is 11.8 Å². The molecule has 22 heavy (non-hydrogen) atoms. The van der Waals surface area contributed by atoms with E-state index in [-0.39, 0.29) is 16.7 Å². The molecule has 0 radical (unpaired) electrons. The highest BCUT2D eigenvalue weighted by molar-refractivity contribution is 8.00. The number of amides is 1. The van der Waals surface area contributed by atoms with Crippen molar-refractivity contribution in [2.75, 3.05) is 11.1 Å². The molecule has 0 saturated heterocycles. The Morgan fingerprint density at radius 3 is 2.73 bits per heavy atom. The molecule has 0 saturated carbocycles. The maximum atomic E-state index is 12.1. The number of nitrogens with one attached hydrogen (secondary N) is 1. The van der Waals surface area contributed by atoms with E-state index in [1.54, 1.807) is 11.8 Å². The highest BCUT2D eigenvalue weighted by atomic mass is 32.2. The van der Waals surface area contributed by atoms with E-state index in [2.05, 4.69) is 36.3 Å². The molecular weight excluding hydrogens is 300 g/mol. The van der Waals surface area contributed by atoms with Gasteiger partial charge in [-0.05, 0) is 34.6 Å². The van der Waals surface area contributed by atoms with Gasteiger partial charge >= 0.3 is 0 Å². The Labute approximate surface area is 133 Å². The third kappa shape index (κ3) is 2.43. The van der Waals surface area contributed by atoms with Crippen LogP contribution in [0.4, 0.5) is 5.82 Å². The predicted octanol–water partition coefficient (Wildman–Crippen LogP) is 3.02. The summed E-state index contributed by atoms with van der Waals surface area (Å²) in [4.78, 5) is 12.1. The van der Waals surface area contributed by atoms with Gasteiger partial charge in [0.15, 0.2) is 0 Å². The SMILES string of the molecule is Cc1noc(C)c1[C@@H]1SCC(=O)Nc2c1cnn2C(C)(C)C. The number of nitrogens with zero attached hydrogens (tertiary/aromatic N) is 3. The van der Waals surface area contributed by atoms with Gasteiger partial charge in [0.2, 0.25) is 5.91 Å². The topological polar surface area (TPSA) is 73.0 Å². The number of thioether (sulfide) groups is 1. The number of fused-ring (bicyclic) bond motifs is 1. The van der Waals surface area contributed by atoms with Crippen LogP contribution >= 0.6 is 11.8 Å². The monoisotopic (exact) mass is 320 g/mol. The fourth-order valence-electron chi connectivity index (χ4n) is 2.71. The van der Waals surface area contributed by atoms with E-state index < -0.39 is 0 Å². The zero-order valence-electron chi connectivity index (χ0n) is 13.4. The van der Waals surface area contributed by atoms with Crippen molar-refractivity contribution in [2.45, 2.75) is 45.4 Å². The van der Waals surface area contributed by atoms with Gasteiger partial charge in [-0.25, -0.2) is 4.68 Å². The van der Waals surface area contributed by atoms with E-state index in [9.17, 15) is 4.79 Å². The molecule has 118 valence electrons. The Balaban J connectivity index is 2.17. The van der Waals surface area contributed by atoms with Crippen LogP contribution in [0.2, 0.25) is 0 Å². The molecule has 0 bridgehead atoms. The number of hydrogen-bond acceptors (Lipinski definition) is 5. The molecule has 7 heteroatoms. The Morgan fingerprint density at radius 1 is 1.41 bits per heavy atom. The van der Waals surface area contributed by atoms with E-state index in [4.69, 9.17) is 4.52 Å². The van der Waals surface area contributed by atoms with Crippen molar-refractivity contribution in [2.24, 2.45) is 0 Å². The maximum Gasteiger partial charge on any atom is 0.235 e. The molecule has 1 amide bonds. The van der Waals surface area contributed by atoms with Gasteiger partial charge in [0.1, 0.15) is 11.6 Å². The second-order valence-corrected chi connectivity index (χ2v) is 7.60. The van der Waals surface area contributed by atoms with Crippen molar-refractivity contribution in [1.82, 2.24) is 14.9 Å². The lowest BCUT2D eigenvalue weighted by Gasteiger charge is -2.23. The molecule has 2 aromatic rings. The van der Waals surface area contributed by atoms with Gasteiger partial charge in [0.05, 0.1) is 28.4 Å². The number of aryl methyl sites for hydroxylation is 2. The van der Waals surface area contributed by atoms with Crippen molar-refractivity contribution < 1.29 is 9.32 Å². The normalized spacial score (nSPS) is 18.8. The molecule has 0 spiro atoms. The molecule has 0 unspecified atom stereocenters. The highest BCUT2D eigenvalue weighted by Crippen LogP contribution is 2.44. The van der Waals surface area contributed by atoms with Crippen LogP contribution in [0.25, 0.3) is 0 Å². The van der Waals surface area contributed by atoms with E-state index in [0.29, 0.717) is 5.75 Å². The first-order valence-electron chi connectivity index (χ1n) is 7.21. The molecular formula is C15H20N4O2S. The first kappa shape index (κ1) is 15.1. The minimum atomic E-state index is -0.209. The number of rotatable bonds is 1. The summed E-state index contributed by atoms with van der Waals surface area (Å²) in [5, 5.41) is 11.5. The Bertz CT molecular complexity index is 707. The van der Waals surface area contributed by atoms with Crippen molar-refractivity contribution in [3.8, 4) is 0 Å². The van der Waals surface area contributed by atoms with Crippen LogP contribution in [0.5, 0.6) is 0 Å². The predicted molar refractivity (Wildman–Crippen MR) is 86.1 cm³/mol. The molecule has 0 aliphatic carbocycles. The van der Waals surface area contributed by atoms with Gasteiger partial charge in [0, 0.05) is 11.1 Å². The maximum absolute atomic E-state index is 12.1. The van der Waals surface area contributed by atoms with Crippen LogP contribution in [-0.4, -0.2) is 26.6 Å². The smallest absolute Gasteiger partial charge is 0.235 e. The van der Waals surface area contributed by atoms with Crippen LogP contribution in [0.1, 0.15) is 48.6 Å². The van der Waals surface area contributed by atoms with Crippen LogP contribution in [0, 0.1) is 13.8 Å². The van der Waals surface area contributed by atoms with E-state index in [1.165, 1.54) is 0 Å². The van der Waals surface area contributed by atoms with E-state index in [0.717, 1.165) is 28.4 Å². The fraction of sp³-hybridized carbons (Fsp3) is 0.533. The Hall–Kier alpha value is -1.76. The van der Waals surface area contributed by atoms with Gasteiger partial charge in [0.25, 0.3) is 0 Å². The van der Waals surface area contributed by atoms with Gasteiger partial charge in [-0.1, -0.05) is 5.16 Å². The average Bonchev–Trinajstić information content (AvgIpc) is 2.92. The zero-order valence-corrected chi connectivity index (χ0v) is 14.2. The minimum Gasteiger partial charge on any atom is -0.361 e.